The highest BCUT2D eigenvalue weighted by Crippen LogP contribution is 2.30. The second-order valence-electron chi connectivity index (χ2n) is 7.47. The summed E-state index contributed by atoms with van der Waals surface area (Å²) in [5.41, 5.74) is 2.92. The molecular formula is C26H27N5O3. The van der Waals surface area contributed by atoms with Crippen molar-refractivity contribution in [1.82, 2.24) is 25.4 Å². The average molecular weight is 458 g/mol. The van der Waals surface area contributed by atoms with Gasteiger partial charge in [-0.1, -0.05) is 36.4 Å². The molecule has 0 saturated heterocycles. The molecule has 0 bridgehead atoms. The van der Waals surface area contributed by atoms with Gasteiger partial charge in [-0.3, -0.25) is 0 Å². The van der Waals surface area contributed by atoms with Gasteiger partial charge in [-0.25, -0.2) is 14.5 Å². The number of nitrogens with one attached hydrogen (secondary N) is 2. The third kappa shape index (κ3) is 6.35. The minimum Gasteiger partial charge on any atom is -0.490 e. The first-order valence-corrected chi connectivity index (χ1v) is 11.2. The van der Waals surface area contributed by atoms with E-state index in [1.807, 2.05) is 84.7 Å². The highest BCUT2D eigenvalue weighted by Gasteiger charge is 2.07. The van der Waals surface area contributed by atoms with E-state index in [0.29, 0.717) is 43.5 Å². The Kier molecular flexibility index (Phi) is 7.74. The standard InChI is InChI=1S/C26H27N5O3/c1-2-33-23-10-6-7-11-24(23)34-25-13-12-20(16-28-25)17-29-26(32)27-15-14-21-18-30-31(19-21)22-8-4-3-5-9-22/h3-13,16,18-19H,2,14-15,17H2,1H3,(H2,27,29,32). The molecule has 0 fully saturated rings. The molecule has 0 aliphatic rings. The highest BCUT2D eigenvalue weighted by atomic mass is 16.5. The lowest BCUT2D eigenvalue weighted by atomic mass is 10.2. The molecule has 4 rings (SSSR count). The van der Waals surface area contributed by atoms with Gasteiger partial charge in [0.25, 0.3) is 0 Å². The van der Waals surface area contributed by atoms with E-state index < -0.39 is 0 Å². The molecule has 2 aromatic carbocycles. The topological polar surface area (TPSA) is 90.3 Å². The fourth-order valence-electron chi connectivity index (χ4n) is 3.27. The molecular weight excluding hydrogens is 430 g/mol. The molecule has 34 heavy (non-hydrogen) atoms. The normalized spacial score (nSPS) is 10.5. The number of pyridine rings is 1. The van der Waals surface area contributed by atoms with Crippen LogP contribution in [-0.2, 0) is 13.0 Å². The Morgan fingerprint density at radius 3 is 2.47 bits per heavy atom. The van der Waals surface area contributed by atoms with Crippen LogP contribution in [0.4, 0.5) is 4.79 Å². The number of amides is 2. The van der Waals surface area contributed by atoms with Crippen molar-refractivity contribution in [3.05, 3.63) is 96.4 Å². The summed E-state index contributed by atoms with van der Waals surface area (Å²) in [4.78, 5) is 16.5. The second-order valence-corrected chi connectivity index (χ2v) is 7.47. The Hall–Kier alpha value is -4.33. The Balaban J connectivity index is 1.20. The first kappa shape index (κ1) is 22.8. The predicted octanol–water partition coefficient (Wildman–Crippen LogP) is 4.50. The molecule has 2 heterocycles. The van der Waals surface area contributed by atoms with Crippen LogP contribution in [0, 0.1) is 0 Å². The van der Waals surface area contributed by atoms with Crippen molar-refractivity contribution in [3.63, 3.8) is 0 Å². The van der Waals surface area contributed by atoms with Crippen LogP contribution in [-0.4, -0.2) is 33.9 Å². The van der Waals surface area contributed by atoms with Crippen molar-refractivity contribution >= 4 is 6.03 Å². The predicted molar refractivity (Wildman–Crippen MR) is 129 cm³/mol. The van der Waals surface area contributed by atoms with Crippen molar-refractivity contribution in [3.8, 4) is 23.1 Å². The SMILES string of the molecule is CCOc1ccccc1Oc1ccc(CNC(=O)NCCc2cnn(-c3ccccc3)c2)cn1. The van der Waals surface area contributed by atoms with Crippen molar-refractivity contribution in [2.24, 2.45) is 0 Å². The van der Waals surface area contributed by atoms with Gasteiger partial charge in [0.15, 0.2) is 11.5 Å². The minimum absolute atomic E-state index is 0.235. The van der Waals surface area contributed by atoms with E-state index in [1.54, 1.807) is 12.3 Å². The van der Waals surface area contributed by atoms with Crippen LogP contribution in [0.5, 0.6) is 17.4 Å². The Labute approximate surface area is 198 Å². The van der Waals surface area contributed by atoms with Gasteiger partial charge in [0.2, 0.25) is 5.88 Å². The van der Waals surface area contributed by atoms with E-state index in [-0.39, 0.29) is 6.03 Å². The minimum atomic E-state index is -0.235. The van der Waals surface area contributed by atoms with Crippen LogP contribution in [0.3, 0.4) is 0 Å². The van der Waals surface area contributed by atoms with Crippen molar-refractivity contribution in [1.29, 1.82) is 0 Å². The monoisotopic (exact) mass is 457 g/mol. The lowest BCUT2D eigenvalue weighted by molar-refractivity contribution is 0.240. The van der Waals surface area contributed by atoms with Gasteiger partial charge in [-0.05, 0) is 48.7 Å². The maximum atomic E-state index is 12.1. The van der Waals surface area contributed by atoms with Crippen LogP contribution in [0.15, 0.2) is 85.3 Å². The number of nitrogens with zero attached hydrogens (tertiary/aromatic N) is 3. The molecule has 0 radical (unpaired) electrons. The summed E-state index contributed by atoms with van der Waals surface area (Å²) < 4.78 is 13.2. The number of hydrogen-bond acceptors (Lipinski definition) is 5. The molecule has 0 aliphatic carbocycles. The Bertz CT molecular complexity index is 1190. The number of carbonyl (C=O) groups is 1. The number of urea groups is 1. The van der Waals surface area contributed by atoms with Gasteiger partial charge < -0.3 is 20.1 Å². The number of aromatic nitrogens is 3. The van der Waals surface area contributed by atoms with Gasteiger partial charge in [0.1, 0.15) is 0 Å². The average Bonchev–Trinajstić information content (AvgIpc) is 3.34. The van der Waals surface area contributed by atoms with Gasteiger partial charge in [-0.15, -0.1) is 0 Å². The summed E-state index contributed by atoms with van der Waals surface area (Å²) in [6.45, 7) is 3.35. The zero-order valence-electron chi connectivity index (χ0n) is 19.0. The van der Waals surface area contributed by atoms with Gasteiger partial charge >= 0.3 is 6.03 Å². The molecule has 0 spiro atoms. The molecule has 0 atom stereocenters. The molecule has 8 heteroatoms. The second kappa shape index (κ2) is 11.5. The van der Waals surface area contributed by atoms with E-state index in [0.717, 1.165) is 16.8 Å². The van der Waals surface area contributed by atoms with Crippen LogP contribution < -0.4 is 20.1 Å². The number of ether oxygens (including phenoxy) is 2. The smallest absolute Gasteiger partial charge is 0.315 e. The molecule has 4 aromatic rings. The van der Waals surface area contributed by atoms with Gasteiger partial charge in [0, 0.05) is 31.5 Å². The number of para-hydroxylation sites is 3. The zero-order chi connectivity index (χ0) is 23.6. The lowest BCUT2D eigenvalue weighted by Gasteiger charge is -2.11. The molecule has 2 N–H and O–H groups in total. The lowest BCUT2D eigenvalue weighted by Crippen LogP contribution is -2.36. The summed E-state index contributed by atoms with van der Waals surface area (Å²) in [7, 11) is 0. The molecule has 0 unspecified atom stereocenters. The zero-order valence-corrected chi connectivity index (χ0v) is 19.0. The molecule has 2 amide bonds. The third-order valence-electron chi connectivity index (χ3n) is 4.97. The first-order chi connectivity index (χ1) is 16.7. The maximum absolute atomic E-state index is 12.1. The summed E-state index contributed by atoms with van der Waals surface area (Å²) in [6, 6.07) is 20.8. The molecule has 0 saturated carbocycles. The Morgan fingerprint density at radius 1 is 0.912 bits per heavy atom. The number of rotatable bonds is 10. The maximum Gasteiger partial charge on any atom is 0.315 e. The van der Waals surface area contributed by atoms with Crippen LogP contribution in [0.25, 0.3) is 5.69 Å². The van der Waals surface area contributed by atoms with Crippen LogP contribution >= 0.6 is 0 Å². The molecule has 0 aliphatic heterocycles. The molecule has 174 valence electrons. The molecule has 2 aromatic heterocycles. The van der Waals surface area contributed by atoms with Crippen LogP contribution in [0.1, 0.15) is 18.1 Å². The highest BCUT2D eigenvalue weighted by molar-refractivity contribution is 5.73. The van der Waals surface area contributed by atoms with E-state index in [4.69, 9.17) is 9.47 Å². The largest absolute Gasteiger partial charge is 0.490 e. The van der Waals surface area contributed by atoms with Crippen LogP contribution in [0.2, 0.25) is 0 Å². The van der Waals surface area contributed by atoms with E-state index in [9.17, 15) is 4.79 Å². The third-order valence-corrected chi connectivity index (χ3v) is 4.97. The van der Waals surface area contributed by atoms with Crippen molar-refractivity contribution < 1.29 is 14.3 Å². The van der Waals surface area contributed by atoms with E-state index in [2.05, 4.69) is 20.7 Å². The molecule has 8 nitrogen and oxygen atoms in total. The summed E-state index contributed by atoms with van der Waals surface area (Å²) in [5.74, 6) is 1.73. The van der Waals surface area contributed by atoms with E-state index in [1.165, 1.54) is 0 Å². The summed E-state index contributed by atoms with van der Waals surface area (Å²) >= 11 is 0. The van der Waals surface area contributed by atoms with Crippen molar-refractivity contribution in [2.75, 3.05) is 13.2 Å². The number of hydrogen-bond donors (Lipinski definition) is 2. The van der Waals surface area contributed by atoms with E-state index >= 15 is 0 Å². The quantitative estimate of drug-likeness (QED) is 0.366. The van der Waals surface area contributed by atoms with Gasteiger partial charge in [0.05, 0.1) is 18.5 Å². The van der Waals surface area contributed by atoms with Crippen molar-refractivity contribution in [2.45, 2.75) is 19.9 Å². The summed E-state index contributed by atoms with van der Waals surface area (Å²) in [5, 5.41) is 10.1. The first-order valence-electron chi connectivity index (χ1n) is 11.2. The Morgan fingerprint density at radius 2 is 1.71 bits per heavy atom. The number of carbonyl (C=O) groups excluding carboxylic acids is 1. The fourth-order valence-corrected chi connectivity index (χ4v) is 3.27. The summed E-state index contributed by atoms with van der Waals surface area (Å²) in [6.07, 6.45) is 6.15. The fraction of sp³-hybridized carbons (Fsp3) is 0.192. The van der Waals surface area contributed by atoms with Gasteiger partial charge in [-0.2, -0.15) is 5.10 Å². The number of benzene rings is 2.